The van der Waals surface area contributed by atoms with Gasteiger partial charge in [0.1, 0.15) is 5.82 Å². The lowest BCUT2D eigenvalue weighted by Gasteiger charge is -2.57. The van der Waals surface area contributed by atoms with Crippen LogP contribution in [0, 0.1) is 23.2 Å². The molecule has 4 heteroatoms. The lowest BCUT2D eigenvalue weighted by atomic mass is 9.48. The van der Waals surface area contributed by atoms with Crippen molar-refractivity contribution < 1.29 is 9.90 Å². The standard InChI is InChI=1S/C22H32N2O2/c25-21(26)19-18(23-20(24-19)17-4-2-1-3-5-17)6-7-22-11-14-8-15(12-22)10-16(9-14)13-22/h14-17H,1-13H2,(H,23,24)(H,25,26). The van der Waals surface area contributed by atoms with Gasteiger partial charge in [-0.1, -0.05) is 19.3 Å². The Morgan fingerprint density at radius 1 is 1.04 bits per heavy atom. The summed E-state index contributed by atoms with van der Waals surface area (Å²) in [6.45, 7) is 0. The van der Waals surface area contributed by atoms with Crippen LogP contribution in [0.4, 0.5) is 0 Å². The predicted octanol–water partition coefficient (Wildman–Crippen LogP) is 5.30. The predicted molar refractivity (Wildman–Crippen MR) is 100 cm³/mol. The summed E-state index contributed by atoms with van der Waals surface area (Å²) in [7, 11) is 0. The first-order chi connectivity index (χ1) is 12.6. The molecule has 142 valence electrons. The Hall–Kier alpha value is -1.32. The summed E-state index contributed by atoms with van der Waals surface area (Å²) < 4.78 is 0. The maximum Gasteiger partial charge on any atom is 0.356 e. The van der Waals surface area contributed by atoms with Crippen molar-refractivity contribution in [1.29, 1.82) is 0 Å². The van der Waals surface area contributed by atoms with E-state index in [9.17, 15) is 9.90 Å². The lowest BCUT2D eigenvalue weighted by Crippen LogP contribution is -2.46. The molecule has 5 aliphatic carbocycles. The van der Waals surface area contributed by atoms with Gasteiger partial charge >= 0.3 is 5.97 Å². The third-order valence-electron chi connectivity index (χ3n) is 8.06. The monoisotopic (exact) mass is 356 g/mol. The van der Waals surface area contributed by atoms with E-state index in [-0.39, 0.29) is 0 Å². The van der Waals surface area contributed by atoms with Gasteiger partial charge in [-0.25, -0.2) is 9.78 Å². The Morgan fingerprint density at radius 3 is 2.23 bits per heavy atom. The van der Waals surface area contributed by atoms with E-state index in [2.05, 4.69) is 9.97 Å². The molecule has 0 atom stereocenters. The van der Waals surface area contributed by atoms with Gasteiger partial charge in [0.2, 0.25) is 0 Å². The number of aromatic nitrogens is 2. The molecule has 0 aromatic carbocycles. The summed E-state index contributed by atoms with van der Waals surface area (Å²) in [5.41, 5.74) is 1.70. The fourth-order valence-electron chi connectivity index (χ4n) is 7.34. The van der Waals surface area contributed by atoms with Crippen molar-refractivity contribution in [3.05, 3.63) is 17.2 Å². The molecule has 0 amide bonds. The van der Waals surface area contributed by atoms with Crippen molar-refractivity contribution in [1.82, 2.24) is 9.97 Å². The molecule has 0 radical (unpaired) electrons. The fourth-order valence-corrected chi connectivity index (χ4v) is 7.34. The SMILES string of the molecule is O=C(O)c1nc(C2CCCCC2)[nH]c1CCC12CC3CC(CC(C3)C1)C2. The highest BCUT2D eigenvalue weighted by atomic mass is 16.4. The Morgan fingerprint density at radius 2 is 1.65 bits per heavy atom. The van der Waals surface area contributed by atoms with Crippen LogP contribution in [-0.2, 0) is 6.42 Å². The second-order valence-electron chi connectivity index (χ2n) is 10.0. The number of nitrogens with one attached hydrogen (secondary N) is 1. The zero-order valence-electron chi connectivity index (χ0n) is 15.8. The first-order valence-electron chi connectivity index (χ1n) is 10.9. The summed E-state index contributed by atoms with van der Waals surface area (Å²) in [4.78, 5) is 19.8. The van der Waals surface area contributed by atoms with Gasteiger partial charge in [0.25, 0.3) is 0 Å². The zero-order valence-corrected chi connectivity index (χ0v) is 15.8. The van der Waals surface area contributed by atoms with Crippen LogP contribution in [0.2, 0.25) is 0 Å². The molecule has 1 aromatic heterocycles. The van der Waals surface area contributed by atoms with Crippen LogP contribution in [0.3, 0.4) is 0 Å². The molecule has 1 heterocycles. The van der Waals surface area contributed by atoms with Gasteiger partial charge in [-0.05, 0) is 87.4 Å². The van der Waals surface area contributed by atoms with Crippen LogP contribution in [0.5, 0.6) is 0 Å². The molecule has 4 nitrogen and oxygen atoms in total. The number of carboxylic acid groups (broad SMARTS) is 1. The van der Waals surface area contributed by atoms with Crippen LogP contribution >= 0.6 is 0 Å². The normalized spacial score (nSPS) is 36.5. The molecule has 4 bridgehead atoms. The molecule has 5 fully saturated rings. The second-order valence-corrected chi connectivity index (χ2v) is 10.0. The Bertz CT molecular complexity index is 651. The minimum Gasteiger partial charge on any atom is -0.476 e. The average molecular weight is 357 g/mol. The molecule has 0 unspecified atom stereocenters. The summed E-state index contributed by atoms with van der Waals surface area (Å²) in [6.07, 6.45) is 16.7. The van der Waals surface area contributed by atoms with Crippen LogP contribution < -0.4 is 0 Å². The van der Waals surface area contributed by atoms with E-state index in [1.807, 2.05) is 0 Å². The molecule has 0 saturated heterocycles. The maximum atomic E-state index is 11.8. The highest BCUT2D eigenvalue weighted by molar-refractivity contribution is 5.86. The van der Waals surface area contributed by atoms with Crippen molar-refractivity contribution >= 4 is 5.97 Å². The van der Waals surface area contributed by atoms with Gasteiger partial charge in [-0.2, -0.15) is 0 Å². The number of rotatable bonds is 5. The summed E-state index contributed by atoms with van der Waals surface area (Å²) in [6, 6.07) is 0. The zero-order chi connectivity index (χ0) is 17.7. The van der Waals surface area contributed by atoms with E-state index >= 15 is 0 Å². The highest BCUT2D eigenvalue weighted by Gasteiger charge is 2.50. The molecule has 2 N–H and O–H groups in total. The lowest BCUT2D eigenvalue weighted by molar-refractivity contribution is -0.0571. The van der Waals surface area contributed by atoms with E-state index in [0.29, 0.717) is 17.0 Å². The van der Waals surface area contributed by atoms with E-state index in [4.69, 9.17) is 0 Å². The minimum atomic E-state index is -0.858. The second kappa shape index (κ2) is 6.38. The smallest absolute Gasteiger partial charge is 0.356 e. The van der Waals surface area contributed by atoms with Crippen molar-refractivity contribution in [2.75, 3.05) is 0 Å². The number of carboxylic acids is 1. The van der Waals surface area contributed by atoms with Crippen LogP contribution in [0.25, 0.3) is 0 Å². The third kappa shape index (κ3) is 2.99. The van der Waals surface area contributed by atoms with Gasteiger partial charge in [0.15, 0.2) is 5.69 Å². The molecular formula is C22H32N2O2. The van der Waals surface area contributed by atoms with Gasteiger partial charge in [0, 0.05) is 11.6 Å². The Balaban J connectivity index is 1.33. The molecule has 0 aliphatic heterocycles. The van der Waals surface area contributed by atoms with Crippen molar-refractivity contribution in [3.8, 4) is 0 Å². The largest absolute Gasteiger partial charge is 0.476 e. The molecule has 1 aromatic rings. The Labute approximate surface area is 156 Å². The molecule has 26 heavy (non-hydrogen) atoms. The number of carbonyl (C=O) groups is 1. The van der Waals surface area contributed by atoms with E-state index < -0.39 is 5.97 Å². The van der Waals surface area contributed by atoms with Crippen LogP contribution in [-0.4, -0.2) is 21.0 Å². The quantitative estimate of drug-likeness (QED) is 0.752. The number of hydrogen-bond donors (Lipinski definition) is 2. The van der Waals surface area contributed by atoms with E-state index in [1.54, 1.807) is 0 Å². The molecular weight excluding hydrogens is 324 g/mol. The number of hydrogen-bond acceptors (Lipinski definition) is 2. The summed E-state index contributed by atoms with van der Waals surface area (Å²) in [5, 5.41) is 9.66. The Kier molecular flexibility index (Phi) is 4.13. The fraction of sp³-hybridized carbons (Fsp3) is 0.818. The van der Waals surface area contributed by atoms with Crippen molar-refractivity contribution in [2.45, 2.75) is 89.4 Å². The molecule has 0 spiro atoms. The highest BCUT2D eigenvalue weighted by Crippen LogP contribution is 2.61. The average Bonchev–Trinajstić information content (AvgIpc) is 3.04. The number of aromatic carboxylic acids is 1. The number of H-pyrrole nitrogens is 1. The number of nitrogens with zero attached hydrogens (tertiary/aromatic N) is 1. The van der Waals surface area contributed by atoms with Crippen molar-refractivity contribution in [3.63, 3.8) is 0 Å². The van der Waals surface area contributed by atoms with Crippen LogP contribution in [0.1, 0.15) is 105 Å². The van der Waals surface area contributed by atoms with Crippen molar-refractivity contribution in [2.24, 2.45) is 23.2 Å². The van der Waals surface area contributed by atoms with Gasteiger partial charge in [-0.3, -0.25) is 0 Å². The number of imidazole rings is 1. The van der Waals surface area contributed by atoms with Gasteiger partial charge in [-0.15, -0.1) is 0 Å². The topological polar surface area (TPSA) is 66.0 Å². The van der Waals surface area contributed by atoms with Gasteiger partial charge < -0.3 is 10.1 Å². The number of aromatic amines is 1. The number of aryl methyl sites for hydroxylation is 1. The first kappa shape index (κ1) is 16.8. The van der Waals surface area contributed by atoms with Crippen LogP contribution in [0.15, 0.2) is 0 Å². The summed E-state index contributed by atoms with van der Waals surface area (Å²) >= 11 is 0. The van der Waals surface area contributed by atoms with E-state index in [0.717, 1.165) is 55.0 Å². The van der Waals surface area contributed by atoms with E-state index in [1.165, 1.54) is 57.8 Å². The first-order valence-corrected chi connectivity index (χ1v) is 10.9. The molecule has 6 rings (SSSR count). The summed E-state index contributed by atoms with van der Waals surface area (Å²) in [5.74, 6) is 3.40. The maximum absolute atomic E-state index is 11.8. The third-order valence-corrected chi connectivity index (χ3v) is 8.06. The molecule has 5 aliphatic rings. The molecule has 5 saturated carbocycles. The minimum absolute atomic E-state index is 0.301. The van der Waals surface area contributed by atoms with Gasteiger partial charge in [0.05, 0.1) is 0 Å².